The van der Waals surface area contributed by atoms with Gasteiger partial charge in [-0.15, -0.1) is 0 Å². The number of benzene rings is 7. The zero-order valence-electron chi connectivity index (χ0n) is 27.8. The molecule has 240 valence electrons. The molecule has 0 unspecified atom stereocenters. The Morgan fingerprint density at radius 2 is 0.922 bits per heavy atom. The number of aromatic nitrogens is 2. The van der Waals surface area contributed by atoms with Gasteiger partial charge in [-0.25, -0.2) is 9.97 Å². The molecule has 3 heterocycles. The summed E-state index contributed by atoms with van der Waals surface area (Å²) >= 11 is 0. The van der Waals surface area contributed by atoms with E-state index in [2.05, 4.69) is 128 Å². The van der Waals surface area contributed by atoms with Crippen LogP contribution in [-0.2, 0) is 0 Å². The van der Waals surface area contributed by atoms with Crippen LogP contribution < -0.4 is 0 Å². The second-order valence-electron chi connectivity index (χ2n) is 13.0. The highest BCUT2D eigenvalue weighted by atomic mass is 16.3. The first-order valence-corrected chi connectivity index (χ1v) is 17.2. The Kier molecular flexibility index (Phi) is 6.68. The lowest BCUT2D eigenvalue weighted by atomic mass is 9.92. The summed E-state index contributed by atoms with van der Waals surface area (Å²) in [5.74, 6) is 0.648. The Balaban J connectivity index is 1.30. The van der Waals surface area contributed by atoms with Gasteiger partial charge in [0.25, 0.3) is 0 Å². The predicted molar refractivity (Wildman–Crippen MR) is 209 cm³/mol. The molecular weight excluding hydrogens is 625 g/mol. The first-order valence-electron chi connectivity index (χ1n) is 17.2. The number of rotatable bonds is 5. The second kappa shape index (κ2) is 11.7. The van der Waals surface area contributed by atoms with Gasteiger partial charge in [0.05, 0.1) is 11.4 Å². The average molecular weight is 655 g/mol. The normalized spacial score (nSPS) is 11.6. The van der Waals surface area contributed by atoms with Crippen molar-refractivity contribution in [3.05, 3.63) is 169 Å². The number of fused-ring (bicyclic) bond motifs is 6. The van der Waals surface area contributed by atoms with E-state index in [1.54, 1.807) is 0 Å². The summed E-state index contributed by atoms with van der Waals surface area (Å²) in [6, 6.07) is 56.5. The van der Waals surface area contributed by atoms with Crippen LogP contribution in [0.1, 0.15) is 5.56 Å². The Morgan fingerprint density at radius 3 is 1.61 bits per heavy atom. The van der Waals surface area contributed by atoms with Gasteiger partial charge >= 0.3 is 0 Å². The lowest BCUT2D eigenvalue weighted by molar-refractivity contribution is 0.669. The van der Waals surface area contributed by atoms with Crippen LogP contribution in [0.25, 0.3) is 100 Å². The second-order valence-corrected chi connectivity index (χ2v) is 13.0. The van der Waals surface area contributed by atoms with Crippen LogP contribution in [0.15, 0.2) is 173 Å². The van der Waals surface area contributed by atoms with E-state index in [1.807, 2.05) is 42.5 Å². The minimum absolute atomic E-state index is 0.648. The van der Waals surface area contributed by atoms with Crippen molar-refractivity contribution in [2.45, 2.75) is 6.92 Å². The molecule has 0 spiro atoms. The Bertz CT molecular complexity index is 2910. The van der Waals surface area contributed by atoms with Crippen molar-refractivity contribution in [1.29, 1.82) is 0 Å². The average Bonchev–Trinajstić information content (AvgIpc) is 3.76. The van der Waals surface area contributed by atoms with Crippen LogP contribution in [0.2, 0.25) is 0 Å². The van der Waals surface area contributed by atoms with Crippen LogP contribution >= 0.6 is 0 Å². The summed E-state index contributed by atoms with van der Waals surface area (Å²) in [7, 11) is 0. The Labute approximate surface area is 294 Å². The summed E-state index contributed by atoms with van der Waals surface area (Å²) < 4.78 is 12.9. The molecule has 3 aromatic heterocycles. The van der Waals surface area contributed by atoms with E-state index in [4.69, 9.17) is 18.8 Å². The van der Waals surface area contributed by atoms with Gasteiger partial charge in [0.2, 0.25) is 0 Å². The summed E-state index contributed by atoms with van der Waals surface area (Å²) in [6.45, 7) is 2.13. The molecule has 10 rings (SSSR count). The molecule has 0 aliphatic heterocycles. The molecule has 0 fully saturated rings. The van der Waals surface area contributed by atoms with E-state index in [0.29, 0.717) is 5.82 Å². The van der Waals surface area contributed by atoms with Gasteiger partial charge in [-0.1, -0.05) is 127 Å². The minimum Gasteiger partial charge on any atom is -0.456 e. The van der Waals surface area contributed by atoms with Crippen LogP contribution in [0.5, 0.6) is 0 Å². The van der Waals surface area contributed by atoms with Gasteiger partial charge in [0.1, 0.15) is 22.3 Å². The number of furan rings is 2. The smallest absolute Gasteiger partial charge is 0.160 e. The monoisotopic (exact) mass is 654 g/mol. The fourth-order valence-corrected chi connectivity index (χ4v) is 7.40. The maximum Gasteiger partial charge on any atom is 0.160 e. The molecule has 4 nitrogen and oxygen atoms in total. The highest BCUT2D eigenvalue weighted by Crippen LogP contribution is 2.43. The van der Waals surface area contributed by atoms with E-state index in [9.17, 15) is 0 Å². The topological polar surface area (TPSA) is 52.1 Å². The van der Waals surface area contributed by atoms with Gasteiger partial charge in [-0.05, 0) is 60.0 Å². The molecule has 0 radical (unpaired) electrons. The summed E-state index contributed by atoms with van der Waals surface area (Å²) in [4.78, 5) is 10.8. The van der Waals surface area contributed by atoms with Crippen molar-refractivity contribution in [3.8, 4) is 56.2 Å². The third-order valence-electron chi connectivity index (χ3n) is 9.87. The maximum absolute atomic E-state index is 6.52. The van der Waals surface area contributed by atoms with Crippen LogP contribution in [0.4, 0.5) is 0 Å². The molecule has 0 N–H and O–H groups in total. The lowest BCUT2D eigenvalue weighted by Crippen LogP contribution is -2.01. The first kappa shape index (κ1) is 29.2. The SMILES string of the molecule is Cc1c(-c2ccccc2)nc(-c2cc(-c3ccccc3)c3oc4ccccc4c3c2)nc1-c1cc2c(cc1-c1ccccc1)oc1ccccc12. The van der Waals surface area contributed by atoms with Crippen molar-refractivity contribution < 1.29 is 8.83 Å². The van der Waals surface area contributed by atoms with E-state index in [0.717, 1.165) is 99.8 Å². The van der Waals surface area contributed by atoms with E-state index in [1.165, 1.54) is 0 Å². The molecule has 10 aromatic rings. The molecule has 0 bridgehead atoms. The van der Waals surface area contributed by atoms with E-state index < -0.39 is 0 Å². The van der Waals surface area contributed by atoms with Gasteiger partial charge in [0.15, 0.2) is 5.82 Å². The van der Waals surface area contributed by atoms with Crippen LogP contribution in [0.3, 0.4) is 0 Å². The standard InChI is InChI=1S/C47H30N2O2/c1-29-44(32-19-9-4-10-20-32)48-47(33-25-37(31-17-7-3-8-18-31)46-40(26-33)35-22-12-14-24-42(35)51-46)49-45(29)39-27-38-34-21-11-13-23-41(34)50-43(38)28-36(39)30-15-5-2-6-16-30/h2-28H,1H3. The zero-order valence-corrected chi connectivity index (χ0v) is 27.8. The highest BCUT2D eigenvalue weighted by Gasteiger charge is 2.22. The first-order chi connectivity index (χ1) is 25.2. The largest absolute Gasteiger partial charge is 0.456 e. The number of hydrogen-bond acceptors (Lipinski definition) is 4. The van der Waals surface area contributed by atoms with Gasteiger partial charge in [-0.3, -0.25) is 0 Å². The van der Waals surface area contributed by atoms with E-state index in [-0.39, 0.29) is 0 Å². The lowest BCUT2D eigenvalue weighted by Gasteiger charge is -2.17. The summed E-state index contributed by atoms with van der Waals surface area (Å²) in [5.41, 5.74) is 13.4. The Morgan fingerprint density at radius 1 is 0.373 bits per heavy atom. The fraction of sp³-hybridized carbons (Fsp3) is 0.0213. The quantitative estimate of drug-likeness (QED) is 0.185. The maximum atomic E-state index is 6.52. The molecule has 0 aliphatic rings. The molecule has 0 saturated heterocycles. The molecule has 4 heteroatoms. The fourth-order valence-electron chi connectivity index (χ4n) is 7.40. The van der Waals surface area contributed by atoms with Crippen molar-refractivity contribution in [2.75, 3.05) is 0 Å². The molecule has 0 aliphatic carbocycles. The van der Waals surface area contributed by atoms with Gasteiger partial charge in [0, 0.05) is 49.4 Å². The third kappa shape index (κ3) is 4.84. The third-order valence-corrected chi connectivity index (χ3v) is 9.87. The zero-order chi connectivity index (χ0) is 33.9. The van der Waals surface area contributed by atoms with Crippen molar-refractivity contribution >= 4 is 43.9 Å². The van der Waals surface area contributed by atoms with Crippen molar-refractivity contribution in [3.63, 3.8) is 0 Å². The van der Waals surface area contributed by atoms with Crippen LogP contribution in [-0.4, -0.2) is 9.97 Å². The minimum atomic E-state index is 0.648. The van der Waals surface area contributed by atoms with Crippen molar-refractivity contribution in [1.82, 2.24) is 9.97 Å². The number of para-hydroxylation sites is 2. The molecule has 0 atom stereocenters. The number of hydrogen-bond donors (Lipinski definition) is 0. The van der Waals surface area contributed by atoms with Crippen LogP contribution in [0, 0.1) is 6.92 Å². The summed E-state index contributed by atoms with van der Waals surface area (Å²) in [6.07, 6.45) is 0. The molecule has 51 heavy (non-hydrogen) atoms. The van der Waals surface area contributed by atoms with Gasteiger partial charge in [-0.2, -0.15) is 0 Å². The molecule has 7 aromatic carbocycles. The van der Waals surface area contributed by atoms with E-state index >= 15 is 0 Å². The predicted octanol–water partition coefficient (Wildman–Crippen LogP) is 12.9. The molecule has 0 saturated carbocycles. The van der Waals surface area contributed by atoms with Gasteiger partial charge < -0.3 is 8.83 Å². The highest BCUT2D eigenvalue weighted by molar-refractivity contribution is 6.12. The van der Waals surface area contributed by atoms with Crippen molar-refractivity contribution in [2.24, 2.45) is 0 Å². The summed E-state index contributed by atoms with van der Waals surface area (Å²) in [5, 5.41) is 4.23. The number of nitrogens with zero attached hydrogens (tertiary/aromatic N) is 2. The molecule has 0 amide bonds. The Hall–Kier alpha value is -6.78. The molecular formula is C47H30N2O2.